The first kappa shape index (κ1) is 14.5. The molecule has 1 aromatic heterocycles. The highest BCUT2D eigenvalue weighted by Crippen LogP contribution is 2.25. The van der Waals surface area contributed by atoms with Crippen molar-refractivity contribution in [2.24, 2.45) is 0 Å². The van der Waals surface area contributed by atoms with E-state index in [9.17, 15) is 13.2 Å². The molecule has 1 fully saturated rings. The van der Waals surface area contributed by atoms with Crippen molar-refractivity contribution in [3.05, 3.63) is 15.8 Å². The Morgan fingerprint density at radius 3 is 2.74 bits per heavy atom. The van der Waals surface area contributed by atoms with Gasteiger partial charge >= 0.3 is 0 Å². The highest BCUT2D eigenvalue weighted by atomic mass is 32.2. The van der Waals surface area contributed by atoms with Crippen LogP contribution in [0.1, 0.15) is 29.0 Å². The first-order valence-corrected chi connectivity index (χ1v) is 8.57. The van der Waals surface area contributed by atoms with Gasteiger partial charge in [0.25, 0.3) is 0 Å². The fourth-order valence-corrected chi connectivity index (χ4v) is 4.96. The molecule has 5 nitrogen and oxygen atoms in total. The number of hydrogen-bond donors (Lipinski definition) is 2. The molecule has 1 aromatic rings. The lowest BCUT2D eigenvalue weighted by molar-refractivity contribution is -0.122. The Bertz CT molecular complexity index is 578. The Kier molecular flexibility index (Phi) is 4.27. The summed E-state index contributed by atoms with van der Waals surface area (Å²) in [6, 6.07) is 0.990. The Morgan fingerprint density at radius 1 is 1.37 bits per heavy atom. The molecule has 1 aliphatic heterocycles. The molecule has 0 unspecified atom stereocenters. The summed E-state index contributed by atoms with van der Waals surface area (Å²) in [5, 5.41) is 2.73. The molecule has 1 saturated heterocycles. The molecule has 1 amide bonds. The zero-order valence-corrected chi connectivity index (χ0v) is 12.7. The quantitative estimate of drug-likeness (QED) is 0.884. The molecule has 19 heavy (non-hydrogen) atoms. The first-order chi connectivity index (χ1) is 8.90. The lowest BCUT2D eigenvalue weighted by Gasteiger charge is -2.15. The highest BCUT2D eigenvalue weighted by molar-refractivity contribution is 7.89. The van der Waals surface area contributed by atoms with Gasteiger partial charge in [-0.15, -0.1) is 11.3 Å². The predicted molar refractivity (Wildman–Crippen MR) is 74.8 cm³/mol. The van der Waals surface area contributed by atoms with Crippen LogP contribution in [0.25, 0.3) is 0 Å². The van der Waals surface area contributed by atoms with Crippen LogP contribution in [-0.4, -0.2) is 26.9 Å². The predicted octanol–water partition coefficient (Wildman–Crippen LogP) is 1.31. The number of amides is 1. The van der Waals surface area contributed by atoms with E-state index in [1.165, 1.54) is 11.3 Å². The van der Waals surface area contributed by atoms with Crippen molar-refractivity contribution in [2.75, 3.05) is 6.54 Å². The number of hydrogen-bond acceptors (Lipinski definition) is 4. The fourth-order valence-electron chi connectivity index (χ4n) is 2.18. The van der Waals surface area contributed by atoms with Crippen molar-refractivity contribution in [3.8, 4) is 0 Å². The Labute approximate surface area is 117 Å². The summed E-state index contributed by atoms with van der Waals surface area (Å²) in [7, 11) is -3.62. The van der Waals surface area contributed by atoms with Crippen molar-refractivity contribution in [1.29, 1.82) is 0 Å². The van der Waals surface area contributed by atoms with Crippen LogP contribution in [0, 0.1) is 13.8 Å². The molecule has 0 saturated carbocycles. The zero-order chi connectivity index (χ0) is 14.0. The molecule has 2 rings (SSSR count). The van der Waals surface area contributed by atoms with E-state index in [2.05, 4.69) is 10.0 Å². The fraction of sp³-hybridized carbons (Fsp3) is 0.583. The van der Waals surface area contributed by atoms with Gasteiger partial charge in [0.1, 0.15) is 6.04 Å². The van der Waals surface area contributed by atoms with E-state index in [0.717, 1.165) is 22.6 Å². The van der Waals surface area contributed by atoms with Crippen molar-refractivity contribution in [1.82, 2.24) is 10.0 Å². The summed E-state index contributed by atoms with van der Waals surface area (Å²) in [6.45, 7) is 4.27. The van der Waals surface area contributed by atoms with Crippen LogP contribution in [0.15, 0.2) is 11.0 Å². The third-order valence-electron chi connectivity index (χ3n) is 3.12. The van der Waals surface area contributed by atoms with Gasteiger partial charge in [-0.1, -0.05) is 0 Å². The first-order valence-electron chi connectivity index (χ1n) is 6.27. The monoisotopic (exact) mass is 302 g/mol. The summed E-state index contributed by atoms with van der Waals surface area (Å²) in [5.41, 5.74) is 0. The number of carbonyl (C=O) groups excluding carboxylic acids is 1. The third kappa shape index (κ3) is 3.34. The summed E-state index contributed by atoms with van der Waals surface area (Å²) in [4.78, 5) is 13.8. The summed E-state index contributed by atoms with van der Waals surface area (Å²) >= 11 is 1.44. The molecule has 106 valence electrons. The van der Waals surface area contributed by atoms with E-state index < -0.39 is 16.1 Å². The van der Waals surface area contributed by atoms with E-state index >= 15 is 0 Å². The summed E-state index contributed by atoms with van der Waals surface area (Å²) < 4.78 is 27.1. The lowest BCUT2D eigenvalue weighted by Crippen LogP contribution is -2.45. The van der Waals surface area contributed by atoms with Crippen LogP contribution in [0.5, 0.6) is 0 Å². The smallest absolute Gasteiger partial charge is 0.242 e. The van der Waals surface area contributed by atoms with Gasteiger partial charge in [-0.05, 0) is 39.2 Å². The van der Waals surface area contributed by atoms with Crippen LogP contribution in [0.3, 0.4) is 0 Å². The van der Waals surface area contributed by atoms with E-state index in [1.54, 1.807) is 13.0 Å². The topological polar surface area (TPSA) is 75.3 Å². The second kappa shape index (κ2) is 5.60. The minimum Gasteiger partial charge on any atom is -0.355 e. The molecular formula is C12H18N2O3S2. The number of sulfonamides is 1. The second-order valence-electron chi connectivity index (χ2n) is 4.74. The van der Waals surface area contributed by atoms with Crippen molar-refractivity contribution >= 4 is 27.3 Å². The van der Waals surface area contributed by atoms with Gasteiger partial charge in [-0.3, -0.25) is 4.79 Å². The van der Waals surface area contributed by atoms with Crippen LogP contribution >= 0.6 is 11.3 Å². The molecule has 2 heterocycles. The normalized spacial score (nSPS) is 20.9. The molecule has 0 bridgehead atoms. The maximum atomic E-state index is 12.3. The van der Waals surface area contributed by atoms with Crippen molar-refractivity contribution < 1.29 is 13.2 Å². The standard InChI is InChI=1S/C12H18N2O3S2/c1-8-7-11(9(2)18-8)19(16,17)14-10-5-3-4-6-13-12(10)15/h7,10,14H,3-6H2,1-2H3,(H,13,15)/t10-/m0/s1. The third-order valence-corrected chi connectivity index (χ3v) is 5.81. The Morgan fingerprint density at radius 2 is 2.11 bits per heavy atom. The number of carbonyl (C=O) groups is 1. The molecule has 1 aliphatic rings. The Hall–Kier alpha value is -0.920. The highest BCUT2D eigenvalue weighted by Gasteiger charge is 2.28. The summed E-state index contributed by atoms with van der Waals surface area (Å²) in [6.07, 6.45) is 2.28. The van der Waals surface area contributed by atoms with E-state index in [4.69, 9.17) is 0 Å². The maximum absolute atomic E-state index is 12.3. The average molecular weight is 302 g/mol. The number of thiophene rings is 1. The van der Waals surface area contributed by atoms with Gasteiger partial charge in [0.15, 0.2) is 0 Å². The zero-order valence-electron chi connectivity index (χ0n) is 11.0. The van der Waals surface area contributed by atoms with E-state index in [-0.39, 0.29) is 10.8 Å². The van der Waals surface area contributed by atoms with Crippen LogP contribution in [0.4, 0.5) is 0 Å². The van der Waals surface area contributed by atoms with E-state index in [1.807, 2.05) is 6.92 Å². The average Bonchev–Trinajstić information content (AvgIpc) is 2.54. The van der Waals surface area contributed by atoms with E-state index in [0.29, 0.717) is 13.0 Å². The largest absolute Gasteiger partial charge is 0.355 e. The molecule has 0 aromatic carbocycles. The van der Waals surface area contributed by atoms with Gasteiger partial charge in [0, 0.05) is 16.3 Å². The second-order valence-corrected chi connectivity index (χ2v) is 7.88. The molecule has 2 N–H and O–H groups in total. The molecule has 0 spiro atoms. The molecular weight excluding hydrogens is 284 g/mol. The van der Waals surface area contributed by atoms with Crippen LogP contribution < -0.4 is 10.0 Å². The molecule has 0 radical (unpaired) electrons. The molecule has 0 aliphatic carbocycles. The SMILES string of the molecule is Cc1cc(S(=O)(=O)N[C@H]2CCCCNC2=O)c(C)s1. The maximum Gasteiger partial charge on any atom is 0.242 e. The van der Waals surface area contributed by atoms with Crippen LogP contribution in [0.2, 0.25) is 0 Å². The summed E-state index contributed by atoms with van der Waals surface area (Å²) in [5.74, 6) is -0.231. The molecule has 7 heteroatoms. The van der Waals surface area contributed by atoms with Gasteiger partial charge < -0.3 is 5.32 Å². The molecule has 1 atom stereocenters. The van der Waals surface area contributed by atoms with Gasteiger partial charge in [0.2, 0.25) is 15.9 Å². The van der Waals surface area contributed by atoms with Crippen molar-refractivity contribution in [3.63, 3.8) is 0 Å². The minimum absolute atomic E-state index is 0.231. The Balaban J connectivity index is 2.21. The minimum atomic E-state index is -3.62. The van der Waals surface area contributed by atoms with Gasteiger partial charge in [-0.25, -0.2) is 8.42 Å². The van der Waals surface area contributed by atoms with Gasteiger partial charge in [0.05, 0.1) is 4.90 Å². The number of nitrogens with one attached hydrogen (secondary N) is 2. The van der Waals surface area contributed by atoms with Crippen molar-refractivity contribution in [2.45, 2.75) is 44.0 Å². The van der Waals surface area contributed by atoms with Gasteiger partial charge in [-0.2, -0.15) is 4.72 Å². The lowest BCUT2D eigenvalue weighted by atomic mass is 10.1. The number of rotatable bonds is 3. The number of aryl methyl sites for hydroxylation is 2. The van der Waals surface area contributed by atoms with Crippen LogP contribution in [-0.2, 0) is 14.8 Å².